The number of halogens is 1. The summed E-state index contributed by atoms with van der Waals surface area (Å²) < 4.78 is 13.3. The van der Waals surface area contributed by atoms with Crippen molar-refractivity contribution in [1.29, 1.82) is 0 Å². The fraction of sp³-hybridized carbons (Fsp3) is 0.263. The number of benzene rings is 2. The lowest BCUT2D eigenvalue weighted by Crippen LogP contribution is -2.34. The summed E-state index contributed by atoms with van der Waals surface area (Å²) in [4.78, 5) is 19.9. The Bertz CT molecular complexity index is 897. The van der Waals surface area contributed by atoms with Crippen LogP contribution in [0.3, 0.4) is 0 Å². The smallest absolute Gasteiger partial charge is 0.227 e. The molecule has 3 N–H and O–H groups in total. The van der Waals surface area contributed by atoms with E-state index < -0.39 is 0 Å². The van der Waals surface area contributed by atoms with Gasteiger partial charge in [0.05, 0.1) is 11.0 Å². The van der Waals surface area contributed by atoms with E-state index in [0.717, 1.165) is 42.7 Å². The number of hydrogen-bond acceptors (Lipinski definition) is 3. The molecule has 0 radical (unpaired) electrons. The van der Waals surface area contributed by atoms with E-state index in [9.17, 15) is 9.18 Å². The van der Waals surface area contributed by atoms with Crippen LogP contribution in [0.25, 0.3) is 22.4 Å². The molecule has 128 valence electrons. The SMILES string of the molecule is O=C(Nc1ccc(-c2nc3ccc(F)cc3[nH]2)cc1)C1CCNCC1. The van der Waals surface area contributed by atoms with Gasteiger partial charge in [-0.2, -0.15) is 0 Å². The van der Waals surface area contributed by atoms with Crippen molar-refractivity contribution in [3.8, 4) is 11.4 Å². The lowest BCUT2D eigenvalue weighted by molar-refractivity contribution is -0.120. The normalized spacial score (nSPS) is 15.4. The van der Waals surface area contributed by atoms with E-state index in [4.69, 9.17) is 0 Å². The van der Waals surface area contributed by atoms with E-state index in [1.165, 1.54) is 12.1 Å². The third kappa shape index (κ3) is 3.39. The van der Waals surface area contributed by atoms with Crippen LogP contribution < -0.4 is 10.6 Å². The number of nitrogens with zero attached hydrogens (tertiary/aromatic N) is 1. The number of carbonyl (C=O) groups excluding carboxylic acids is 1. The Morgan fingerprint density at radius 2 is 1.88 bits per heavy atom. The molecule has 1 amide bonds. The number of rotatable bonds is 3. The van der Waals surface area contributed by atoms with Crippen molar-refractivity contribution >= 4 is 22.6 Å². The summed E-state index contributed by atoms with van der Waals surface area (Å²) >= 11 is 0. The molecule has 4 rings (SSSR count). The molecule has 1 saturated heterocycles. The molecular weight excluding hydrogens is 319 g/mol. The second-order valence-corrected chi connectivity index (χ2v) is 6.34. The fourth-order valence-corrected chi connectivity index (χ4v) is 3.16. The van der Waals surface area contributed by atoms with Gasteiger partial charge in [-0.05, 0) is 68.4 Å². The second kappa shape index (κ2) is 6.64. The van der Waals surface area contributed by atoms with E-state index >= 15 is 0 Å². The lowest BCUT2D eigenvalue weighted by Gasteiger charge is -2.21. The van der Waals surface area contributed by atoms with Gasteiger partial charge in [0.1, 0.15) is 11.6 Å². The van der Waals surface area contributed by atoms with Crippen molar-refractivity contribution in [3.63, 3.8) is 0 Å². The number of nitrogens with one attached hydrogen (secondary N) is 3. The molecule has 1 aromatic heterocycles. The van der Waals surface area contributed by atoms with Crippen LogP contribution >= 0.6 is 0 Å². The molecule has 1 fully saturated rings. The summed E-state index contributed by atoms with van der Waals surface area (Å²) in [7, 11) is 0. The van der Waals surface area contributed by atoms with Crippen molar-refractivity contribution in [1.82, 2.24) is 15.3 Å². The Labute approximate surface area is 144 Å². The topological polar surface area (TPSA) is 69.8 Å². The molecule has 0 saturated carbocycles. The van der Waals surface area contributed by atoms with Crippen LogP contribution in [0.15, 0.2) is 42.5 Å². The van der Waals surface area contributed by atoms with Gasteiger partial charge in [0, 0.05) is 17.2 Å². The number of fused-ring (bicyclic) bond motifs is 1. The number of amides is 1. The summed E-state index contributed by atoms with van der Waals surface area (Å²) in [6, 6.07) is 12.0. The highest BCUT2D eigenvalue weighted by atomic mass is 19.1. The molecule has 0 atom stereocenters. The number of anilines is 1. The van der Waals surface area contributed by atoms with Crippen LogP contribution in [0.5, 0.6) is 0 Å². The van der Waals surface area contributed by atoms with Gasteiger partial charge in [0.15, 0.2) is 0 Å². The molecule has 5 nitrogen and oxygen atoms in total. The molecule has 0 bridgehead atoms. The van der Waals surface area contributed by atoms with Crippen molar-refractivity contribution < 1.29 is 9.18 Å². The highest BCUT2D eigenvalue weighted by Crippen LogP contribution is 2.23. The predicted molar refractivity (Wildman–Crippen MR) is 95.7 cm³/mol. The molecule has 0 unspecified atom stereocenters. The van der Waals surface area contributed by atoms with Crippen molar-refractivity contribution in [2.24, 2.45) is 5.92 Å². The van der Waals surface area contributed by atoms with E-state index in [-0.39, 0.29) is 17.6 Å². The minimum atomic E-state index is -0.293. The zero-order valence-corrected chi connectivity index (χ0v) is 13.7. The number of imidazole rings is 1. The van der Waals surface area contributed by atoms with Crippen LogP contribution in [0.4, 0.5) is 10.1 Å². The Morgan fingerprint density at radius 1 is 1.12 bits per heavy atom. The summed E-state index contributed by atoms with van der Waals surface area (Å²) in [6.45, 7) is 1.79. The molecule has 0 aliphatic carbocycles. The van der Waals surface area contributed by atoms with Gasteiger partial charge < -0.3 is 15.6 Å². The van der Waals surface area contributed by atoms with E-state index in [1.54, 1.807) is 6.07 Å². The van der Waals surface area contributed by atoms with Gasteiger partial charge in [-0.3, -0.25) is 4.79 Å². The molecule has 3 aromatic rings. The third-order valence-corrected chi connectivity index (χ3v) is 4.58. The minimum Gasteiger partial charge on any atom is -0.338 e. The van der Waals surface area contributed by atoms with Crippen LogP contribution in [0.2, 0.25) is 0 Å². The number of aromatic nitrogens is 2. The summed E-state index contributed by atoms with van der Waals surface area (Å²) in [5.41, 5.74) is 3.05. The molecule has 2 aromatic carbocycles. The fourth-order valence-electron chi connectivity index (χ4n) is 3.16. The summed E-state index contributed by atoms with van der Waals surface area (Å²) in [5.74, 6) is 0.537. The highest BCUT2D eigenvalue weighted by Gasteiger charge is 2.20. The van der Waals surface area contributed by atoms with Gasteiger partial charge in [0.2, 0.25) is 5.91 Å². The van der Waals surface area contributed by atoms with E-state index in [0.29, 0.717) is 11.3 Å². The van der Waals surface area contributed by atoms with Crippen molar-refractivity contribution in [2.45, 2.75) is 12.8 Å². The first-order chi connectivity index (χ1) is 12.2. The number of carbonyl (C=O) groups is 1. The third-order valence-electron chi connectivity index (χ3n) is 4.58. The zero-order chi connectivity index (χ0) is 17.2. The van der Waals surface area contributed by atoms with E-state index in [2.05, 4.69) is 20.6 Å². The largest absolute Gasteiger partial charge is 0.338 e. The molecule has 25 heavy (non-hydrogen) atoms. The Kier molecular flexibility index (Phi) is 4.19. The Balaban J connectivity index is 1.49. The van der Waals surface area contributed by atoms with Crippen LogP contribution in [0, 0.1) is 11.7 Å². The number of hydrogen-bond donors (Lipinski definition) is 3. The van der Waals surface area contributed by atoms with Gasteiger partial charge in [-0.25, -0.2) is 9.37 Å². The number of H-pyrrole nitrogens is 1. The average molecular weight is 338 g/mol. The first-order valence-electron chi connectivity index (χ1n) is 8.46. The van der Waals surface area contributed by atoms with Crippen molar-refractivity contribution in [2.75, 3.05) is 18.4 Å². The standard InChI is InChI=1S/C19H19FN4O/c20-14-3-6-16-17(11-14)24-18(23-16)12-1-4-15(5-2-12)22-19(25)13-7-9-21-10-8-13/h1-6,11,13,21H,7-10H2,(H,22,25)(H,23,24). The van der Waals surface area contributed by atoms with E-state index in [1.807, 2.05) is 24.3 Å². The van der Waals surface area contributed by atoms with Crippen LogP contribution in [0.1, 0.15) is 12.8 Å². The molecular formula is C19H19FN4O. The van der Waals surface area contributed by atoms with Gasteiger partial charge in [0.25, 0.3) is 0 Å². The zero-order valence-electron chi connectivity index (χ0n) is 13.7. The maximum Gasteiger partial charge on any atom is 0.227 e. The van der Waals surface area contributed by atoms with Crippen LogP contribution in [-0.2, 0) is 4.79 Å². The van der Waals surface area contributed by atoms with Gasteiger partial charge in [-0.1, -0.05) is 0 Å². The van der Waals surface area contributed by atoms with Crippen LogP contribution in [-0.4, -0.2) is 29.0 Å². The Hall–Kier alpha value is -2.73. The molecule has 6 heteroatoms. The second-order valence-electron chi connectivity index (χ2n) is 6.34. The number of piperidine rings is 1. The first kappa shape index (κ1) is 15.8. The van der Waals surface area contributed by atoms with Gasteiger partial charge in [-0.15, -0.1) is 0 Å². The Morgan fingerprint density at radius 3 is 2.64 bits per heavy atom. The molecule has 0 spiro atoms. The predicted octanol–water partition coefficient (Wildman–Crippen LogP) is 3.31. The van der Waals surface area contributed by atoms with Crippen molar-refractivity contribution in [3.05, 3.63) is 48.3 Å². The first-order valence-corrected chi connectivity index (χ1v) is 8.46. The maximum absolute atomic E-state index is 13.3. The number of aromatic amines is 1. The molecule has 1 aliphatic rings. The average Bonchev–Trinajstić information content (AvgIpc) is 3.06. The highest BCUT2D eigenvalue weighted by molar-refractivity contribution is 5.92. The molecule has 1 aliphatic heterocycles. The lowest BCUT2D eigenvalue weighted by atomic mass is 9.97. The molecule has 2 heterocycles. The quantitative estimate of drug-likeness (QED) is 0.686. The maximum atomic E-state index is 13.3. The monoisotopic (exact) mass is 338 g/mol. The summed E-state index contributed by atoms with van der Waals surface area (Å²) in [5, 5.41) is 6.24. The summed E-state index contributed by atoms with van der Waals surface area (Å²) in [6.07, 6.45) is 1.75. The van der Waals surface area contributed by atoms with Gasteiger partial charge >= 0.3 is 0 Å². The minimum absolute atomic E-state index is 0.0752.